The van der Waals surface area contributed by atoms with Crippen LogP contribution >= 0.6 is 11.3 Å². The number of rotatable bonds is 5. The summed E-state index contributed by atoms with van der Waals surface area (Å²) < 4.78 is 45.2. The number of nitrogens with one attached hydrogen (secondary N) is 1. The van der Waals surface area contributed by atoms with E-state index in [4.69, 9.17) is 5.73 Å². The number of aliphatic hydroxyl groups excluding tert-OH is 1. The zero-order valence-electron chi connectivity index (χ0n) is 18.0. The number of thiophene rings is 1. The van der Waals surface area contributed by atoms with Crippen molar-refractivity contribution >= 4 is 22.2 Å². The molecule has 3 aromatic rings. The Morgan fingerprint density at radius 3 is 2.67 bits per heavy atom. The molecule has 0 aliphatic heterocycles. The molecule has 33 heavy (non-hydrogen) atoms. The molecule has 2 aromatic heterocycles. The van der Waals surface area contributed by atoms with E-state index in [0.717, 1.165) is 16.9 Å². The van der Waals surface area contributed by atoms with Crippen LogP contribution in [0.25, 0.3) is 21.3 Å². The lowest BCUT2D eigenvalue weighted by Crippen LogP contribution is -2.36. The molecule has 6 nitrogen and oxygen atoms in total. The van der Waals surface area contributed by atoms with Gasteiger partial charge < -0.3 is 10.8 Å². The summed E-state index contributed by atoms with van der Waals surface area (Å²) in [6.07, 6.45) is 0.275. The lowest BCUT2D eigenvalue weighted by Gasteiger charge is -2.26. The maximum atomic E-state index is 15.7. The number of nitrogens with zero attached hydrogens (tertiary/aromatic N) is 1. The van der Waals surface area contributed by atoms with E-state index in [2.05, 4.69) is 4.98 Å². The van der Waals surface area contributed by atoms with Gasteiger partial charge in [-0.1, -0.05) is 0 Å². The van der Waals surface area contributed by atoms with E-state index >= 15 is 4.39 Å². The van der Waals surface area contributed by atoms with Gasteiger partial charge in [-0.3, -0.25) is 14.3 Å². The number of fused-ring (bicyclic) bond motifs is 2. The Bertz CT molecular complexity index is 1370. The maximum Gasteiger partial charge on any atom is 0.329 e. The van der Waals surface area contributed by atoms with Crippen LogP contribution in [0.3, 0.4) is 0 Å². The van der Waals surface area contributed by atoms with E-state index < -0.39 is 34.4 Å². The summed E-state index contributed by atoms with van der Waals surface area (Å²) in [5.41, 5.74) is 4.76. The van der Waals surface area contributed by atoms with Crippen molar-refractivity contribution in [3.05, 3.63) is 54.3 Å². The van der Waals surface area contributed by atoms with E-state index in [-0.39, 0.29) is 35.7 Å². The summed E-state index contributed by atoms with van der Waals surface area (Å²) in [7, 11) is 0. The van der Waals surface area contributed by atoms with Gasteiger partial charge in [0.15, 0.2) is 0 Å². The van der Waals surface area contributed by atoms with Gasteiger partial charge in [0.1, 0.15) is 5.82 Å². The first-order chi connectivity index (χ1) is 15.7. The quantitative estimate of drug-likeness (QED) is 0.521. The summed E-state index contributed by atoms with van der Waals surface area (Å²) in [5, 5.41) is 8.94. The van der Waals surface area contributed by atoms with E-state index in [1.54, 1.807) is 13.0 Å². The molecule has 176 valence electrons. The second-order valence-electron chi connectivity index (χ2n) is 9.02. The second-order valence-corrected chi connectivity index (χ2v) is 10.2. The van der Waals surface area contributed by atoms with Gasteiger partial charge in [-0.25, -0.2) is 18.0 Å². The SMILES string of the molecule is Cc1c(-c2cc3c(s2)CCC(C(N)CO)C3)c(F)c(C(F)F)c2c(=O)[nH]c(=O)n(C3CC3)c12. The number of aliphatic hydroxyl groups is 1. The van der Waals surface area contributed by atoms with Gasteiger partial charge in [-0.15, -0.1) is 11.3 Å². The monoisotopic (exact) mass is 479 g/mol. The number of halogens is 3. The number of hydrogen-bond donors (Lipinski definition) is 3. The molecule has 0 amide bonds. The van der Waals surface area contributed by atoms with Crippen molar-refractivity contribution in [3.8, 4) is 10.4 Å². The second kappa shape index (κ2) is 8.11. The van der Waals surface area contributed by atoms with Crippen LogP contribution in [-0.2, 0) is 12.8 Å². The Hall–Kier alpha value is -2.43. The molecular weight excluding hydrogens is 455 g/mol. The van der Waals surface area contributed by atoms with Gasteiger partial charge in [0, 0.05) is 27.4 Å². The summed E-state index contributed by atoms with van der Waals surface area (Å²) in [6, 6.07) is 1.25. The number of benzene rings is 1. The van der Waals surface area contributed by atoms with Gasteiger partial charge in [0.2, 0.25) is 0 Å². The number of aryl methyl sites for hydroxylation is 2. The van der Waals surface area contributed by atoms with Crippen LogP contribution < -0.4 is 17.0 Å². The van der Waals surface area contributed by atoms with Gasteiger partial charge in [-0.05, 0) is 62.1 Å². The van der Waals surface area contributed by atoms with E-state index in [0.29, 0.717) is 36.1 Å². The number of aromatic nitrogens is 2. The third-order valence-electron chi connectivity index (χ3n) is 6.91. The first-order valence-corrected chi connectivity index (χ1v) is 11.8. The zero-order valence-corrected chi connectivity index (χ0v) is 18.8. The molecule has 1 aromatic carbocycles. The van der Waals surface area contributed by atoms with Crippen LogP contribution in [0.4, 0.5) is 13.2 Å². The van der Waals surface area contributed by atoms with Crippen molar-refractivity contribution in [1.29, 1.82) is 0 Å². The Morgan fingerprint density at radius 2 is 2.03 bits per heavy atom. The van der Waals surface area contributed by atoms with Crippen molar-refractivity contribution in [2.24, 2.45) is 11.7 Å². The number of aromatic amines is 1. The predicted octanol–water partition coefficient (Wildman–Crippen LogP) is 3.56. The molecule has 4 N–H and O–H groups in total. The molecule has 2 aliphatic carbocycles. The molecule has 2 heterocycles. The Labute approximate surface area is 190 Å². The summed E-state index contributed by atoms with van der Waals surface area (Å²) >= 11 is 1.34. The first kappa shape index (κ1) is 22.4. The van der Waals surface area contributed by atoms with Crippen molar-refractivity contribution in [3.63, 3.8) is 0 Å². The average Bonchev–Trinajstić information content (AvgIpc) is 3.51. The fourth-order valence-corrected chi connectivity index (χ4v) is 6.37. The minimum atomic E-state index is -3.22. The fourth-order valence-electron chi connectivity index (χ4n) is 5.06. The average molecular weight is 480 g/mol. The largest absolute Gasteiger partial charge is 0.395 e. The highest BCUT2D eigenvalue weighted by molar-refractivity contribution is 7.15. The highest BCUT2D eigenvalue weighted by Crippen LogP contribution is 2.45. The van der Waals surface area contributed by atoms with Crippen molar-refractivity contribution in [2.45, 2.75) is 57.5 Å². The summed E-state index contributed by atoms with van der Waals surface area (Å²) in [6.45, 7) is 1.46. The molecule has 2 atom stereocenters. The van der Waals surface area contributed by atoms with Gasteiger partial charge in [-0.2, -0.15) is 0 Å². The standard InChI is InChI=1S/C23H24F3N3O3S/c1-9-16(15-7-11-6-10(13(27)8-30)2-5-14(11)33-15)19(24)17(21(25)26)18-20(9)29(12-3-4-12)23(32)28-22(18)31/h7,10,12-13,21,30H,2-6,8,27H2,1H3,(H,28,31,32). The highest BCUT2D eigenvalue weighted by Gasteiger charge is 2.34. The highest BCUT2D eigenvalue weighted by atomic mass is 32.1. The number of nitrogens with two attached hydrogens (primary N) is 1. The number of alkyl halides is 2. The molecule has 10 heteroatoms. The third kappa shape index (κ3) is 3.55. The summed E-state index contributed by atoms with van der Waals surface area (Å²) in [5.74, 6) is -1.04. The molecule has 2 aliphatic rings. The normalized spacial score (nSPS) is 19.3. The Morgan fingerprint density at radius 1 is 1.30 bits per heavy atom. The van der Waals surface area contributed by atoms with Crippen LogP contribution in [0.2, 0.25) is 0 Å². The number of hydrogen-bond acceptors (Lipinski definition) is 5. The van der Waals surface area contributed by atoms with Crippen LogP contribution in [0, 0.1) is 18.7 Å². The minimum absolute atomic E-state index is 0.0135. The van der Waals surface area contributed by atoms with Crippen LogP contribution in [-0.4, -0.2) is 27.3 Å². The fraction of sp³-hybridized carbons (Fsp3) is 0.478. The molecule has 0 bridgehead atoms. The third-order valence-corrected chi connectivity index (χ3v) is 8.17. The van der Waals surface area contributed by atoms with Crippen LogP contribution in [0.15, 0.2) is 15.7 Å². The zero-order chi connectivity index (χ0) is 23.6. The minimum Gasteiger partial charge on any atom is -0.395 e. The van der Waals surface area contributed by atoms with E-state index in [1.165, 1.54) is 15.9 Å². The summed E-state index contributed by atoms with van der Waals surface area (Å²) in [4.78, 5) is 28.8. The Kier molecular flexibility index (Phi) is 5.49. The maximum absolute atomic E-state index is 15.7. The molecule has 0 radical (unpaired) electrons. The van der Waals surface area contributed by atoms with Crippen LogP contribution in [0.5, 0.6) is 0 Å². The lowest BCUT2D eigenvalue weighted by molar-refractivity contribution is 0.148. The smallest absolute Gasteiger partial charge is 0.329 e. The molecule has 2 unspecified atom stereocenters. The molecule has 1 fully saturated rings. The Balaban J connectivity index is 1.77. The molecule has 5 rings (SSSR count). The topological polar surface area (TPSA) is 101 Å². The molecule has 1 saturated carbocycles. The van der Waals surface area contributed by atoms with Crippen molar-refractivity contribution in [2.75, 3.05) is 6.61 Å². The van der Waals surface area contributed by atoms with Crippen LogP contribution in [0.1, 0.15) is 53.3 Å². The lowest BCUT2D eigenvalue weighted by atomic mass is 9.83. The van der Waals surface area contributed by atoms with Gasteiger partial charge in [0.05, 0.1) is 23.1 Å². The van der Waals surface area contributed by atoms with Crippen molar-refractivity contribution < 1.29 is 18.3 Å². The molecule has 0 spiro atoms. The van der Waals surface area contributed by atoms with Gasteiger partial charge in [0.25, 0.3) is 12.0 Å². The van der Waals surface area contributed by atoms with E-state index in [1.807, 2.05) is 0 Å². The number of H-pyrrole nitrogens is 1. The molecule has 0 saturated heterocycles. The molecular formula is C23H24F3N3O3S. The van der Waals surface area contributed by atoms with Crippen molar-refractivity contribution in [1.82, 2.24) is 9.55 Å². The van der Waals surface area contributed by atoms with Gasteiger partial charge >= 0.3 is 5.69 Å². The van der Waals surface area contributed by atoms with E-state index in [9.17, 15) is 23.5 Å². The first-order valence-electron chi connectivity index (χ1n) is 11.0. The predicted molar refractivity (Wildman–Crippen MR) is 121 cm³/mol.